The van der Waals surface area contributed by atoms with E-state index in [2.05, 4.69) is 27.1 Å². The lowest BCUT2D eigenvalue weighted by Gasteiger charge is -2.29. The Bertz CT molecular complexity index is 402. The van der Waals surface area contributed by atoms with Crippen LogP contribution in [0.3, 0.4) is 0 Å². The molecule has 5 nitrogen and oxygen atoms in total. The summed E-state index contributed by atoms with van der Waals surface area (Å²) in [5, 5.41) is 12.1. The highest BCUT2D eigenvalue weighted by Crippen LogP contribution is 2.17. The third-order valence-electron chi connectivity index (χ3n) is 3.40. The molecule has 96 valence electrons. The van der Waals surface area contributed by atoms with Gasteiger partial charge in [-0.25, -0.2) is 9.97 Å². The Balaban J connectivity index is 2.00. The van der Waals surface area contributed by atoms with Gasteiger partial charge in [0.15, 0.2) is 5.69 Å². The van der Waals surface area contributed by atoms with Gasteiger partial charge in [-0.15, -0.1) is 0 Å². The summed E-state index contributed by atoms with van der Waals surface area (Å²) in [6.45, 7) is 6.30. The summed E-state index contributed by atoms with van der Waals surface area (Å²) in [7, 11) is 0. The fourth-order valence-corrected chi connectivity index (χ4v) is 2.30. The number of hydrogen-bond acceptors (Lipinski definition) is 5. The largest absolute Gasteiger partial charge is 0.355 e. The molecule has 0 aliphatic carbocycles. The van der Waals surface area contributed by atoms with E-state index in [1.165, 1.54) is 12.8 Å². The average Bonchev–Trinajstić information content (AvgIpc) is 2.46. The lowest BCUT2D eigenvalue weighted by Crippen LogP contribution is -2.36. The summed E-state index contributed by atoms with van der Waals surface area (Å²) in [5.41, 5.74) is 0.372. The first-order valence-corrected chi connectivity index (χ1v) is 6.51. The predicted molar refractivity (Wildman–Crippen MR) is 70.2 cm³/mol. The molecule has 0 radical (unpaired) electrons. The van der Waals surface area contributed by atoms with Crippen molar-refractivity contribution in [2.45, 2.75) is 19.8 Å². The molecular weight excluding hydrogens is 226 g/mol. The van der Waals surface area contributed by atoms with Gasteiger partial charge < -0.3 is 10.2 Å². The maximum Gasteiger partial charge on any atom is 0.158 e. The van der Waals surface area contributed by atoms with Gasteiger partial charge in [0.2, 0.25) is 0 Å². The first-order valence-electron chi connectivity index (χ1n) is 6.51. The summed E-state index contributed by atoms with van der Waals surface area (Å²) in [6, 6.07) is 1.99. The van der Waals surface area contributed by atoms with Gasteiger partial charge in [-0.2, -0.15) is 5.26 Å². The number of nitrogens with zero attached hydrogens (tertiary/aromatic N) is 4. The maximum atomic E-state index is 8.71. The highest BCUT2D eigenvalue weighted by molar-refractivity contribution is 5.37. The van der Waals surface area contributed by atoms with Crippen molar-refractivity contribution >= 4 is 5.82 Å². The minimum absolute atomic E-state index is 0.372. The molecule has 0 bridgehead atoms. The summed E-state index contributed by atoms with van der Waals surface area (Å²) in [4.78, 5) is 10.6. The molecule has 1 fully saturated rings. The fraction of sp³-hybridized carbons (Fsp3) is 0.615. The molecule has 1 saturated heterocycles. The van der Waals surface area contributed by atoms with E-state index in [1.807, 2.05) is 6.07 Å². The van der Waals surface area contributed by atoms with Crippen LogP contribution in [0.1, 0.15) is 25.5 Å². The Morgan fingerprint density at radius 1 is 1.39 bits per heavy atom. The van der Waals surface area contributed by atoms with Crippen LogP contribution in [0, 0.1) is 17.2 Å². The Morgan fingerprint density at radius 2 is 2.17 bits per heavy atom. The maximum absolute atomic E-state index is 8.71. The fourth-order valence-electron chi connectivity index (χ4n) is 2.30. The van der Waals surface area contributed by atoms with E-state index < -0.39 is 0 Å². The van der Waals surface area contributed by atoms with Crippen molar-refractivity contribution in [2.75, 3.05) is 31.1 Å². The van der Waals surface area contributed by atoms with Gasteiger partial charge in [-0.3, -0.25) is 0 Å². The van der Waals surface area contributed by atoms with E-state index in [4.69, 9.17) is 5.26 Å². The van der Waals surface area contributed by atoms with Crippen molar-refractivity contribution in [1.29, 1.82) is 5.26 Å². The minimum Gasteiger partial charge on any atom is -0.355 e. The SMILES string of the molecule is CCN(CC1CCNCC1)c1cnc(C#N)cn1. The number of nitriles is 1. The first kappa shape index (κ1) is 12.8. The second-order valence-corrected chi connectivity index (χ2v) is 4.60. The number of piperidine rings is 1. The first-order chi connectivity index (χ1) is 8.83. The quantitative estimate of drug-likeness (QED) is 0.862. The Hall–Kier alpha value is -1.67. The van der Waals surface area contributed by atoms with Crippen LogP contribution < -0.4 is 10.2 Å². The molecule has 1 aromatic rings. The van der Waals surface area contributed by atoms with Gasteiger partial charge in [-0.05, 0) is 38.8 Å². The van der Waals surface area contributed by atoms with E-state index in [0.717, 1.165) is 37.9 Å². The molecule has 1 N–H and O–H groups in total. The molecule has 1 aliphatic heterocycles. The predicted octanol–water partition coefficient (Wildman–Crippen LogP) is 1.17. The lowest BCUT2D eigenvalue weighted by atomic mass is 9.97. The van der Waals surface area contributed by atoms with Crippen molar-refractivity contribution in [2.24, 2.45) is 5.92 Å². The molecule has 2 heterocycles. The number of anilines is 1. The van der Waals surface area contributed by atoms with Gasteiger partial charge in [0.05, 0.1) is 12.4 Å². The number of aromatic nitrogens is 2. The highest BCUT2D eigenvalue weighted by atomic mass is 15.2. The number of hydrogen-bond donors (Lipinski definition) is 1. The van der Waals surface area contributed by atoms with E-state index >= 15 is 0 Å². The molecule has 5 heteroatoms. The van der Waals surface area contributed by atoms with Crippen LogP contribution in [0.25, 0.3) is 0 Å². The van der Waals surface area contributed by atoms with E-state index in [-0.39, 0.29) is 0 Å². The topological polar surface area (TPSA) is 64.8 Å². The van der Waals surface area contributed by atoms with Crippen LogP contribution in [0.5, 0.6) is 0 Å². The normalized spacial score (nSPS) is 16.2. The van der Waals surface area contributed by atoms with E-state index in [1.54, 1.807) is 12.4 Å². The number of nitrogens with one attached hydrogen (secondary N) is 1. The molecule has 0 amide bonds. The van der Waals surface area contributed by atoms with Gasteiger partial charge in [0.25, 0.3) is 0 Å². The molecule has 2 rings (SSSR count). The highest BCUT2D eigenvalue weighted by Gasteiger charge is 2.17. The van der Waals surface area contributed by atoms with Crippen LogP contribution in [0.2, 0.25) is 0 Å². The van der Waals surface area contributed by atoms with Crippen molar-refractivity contribution in [1.82, 2.24) is 15.3 Å². The molecule has 0 saturated carbocycles. The van der Waals surface area contributed by atoms with Crippen molar-refractivity contribution in [3.8, 4) is 6.07 Å². The van der Waals surface area contributed by atoms with Gasteiger partial charge >= 0.3 is 0 Å². The van der Waals surface area contributed by atoms with Crippen molar-refractivity contribution in [3.63, 3.8) is 0 Å². The lowest BCUT2D eigenvalue weighted by molar-refractivity contribution is 0.374. The Kier molecular flexibility index (Phi) is 4.48. The Morgan fingerprint density at radius 3 is 2.72 bits per heavy atom. The minimum atomic E-state index is 0.372. The molecule has 1 aromatic heterocycles. The van der Waals surface area contributed by atoms with Crippen molar-refractivity contribution in [3.05, 3.63) is 18.1 Å². The number of rotatable bonds is 4. The van der Waals surface area contributed by atoms with Crippen molar-refractivity contribution < 1.29 is 0 Å². The molecule has 0 spiro atoms. The van der Waals surface area contributed by atoms with Gasteiger partial charge in [0.1, 0.15) is 11.9 Å². The van der Waals surface area contributed by atoms with Crippen LogP contribution in [0.15, 0.2) is 12.4 Å². The van der Waals surface area contributed by atoms with Crippen LogP contribution in [0.4, 0.5) is 5.82 Å². The molecular formula is C13H19N5. The Labute approximate surface area is 108 Å². The van der Waals surface area contributed by atoms with Gasteiger partial charge in [-0.1, -0.05) is 0 Å². The zero-order valence-electron chi connectivity index (χ0n) is 10.8. The van der Waals surface area contributed by atoms with E-state index in [0.29, 0.717) is 5.69 Å². The van der Waals surface area contributed by atoms with Gasteiger partial charge in [0, 0.05) is 13.1 Å². The van der Waals surface area contributed by atoms with Crippen LogP contribution in [-0.4, -0.2) is 36.1 Å². The van der Waals surface area contributed by atoms with Crippen LogP contribution >= 0.6 is 0 Å². The smallest absolute Gasteiger partial charge is 0.158 e. The summed E-state index contributed by atoms with van der Waals surface area (Å²) in [6.07, 6.45) is 5.68. The summed E-state index contributed by atoms with van der Waals surface area (Å²) >= 11 is 0. The zero-order chi connectivity index (χ0) is 12.8. The second kappa shape index (κ2) is 6.31. The standard InChI is InChI=1S/C13H19N5/c1-2-18(10-11-3-5-15-6-4-11)13-9-16-12(7-14)8-17-13/h8-9,11,15H,2-6,10H2,1H3. The third-order valence-corrected chi connectivity index (χ3v) is 3.40. The molecule has 0 atom stereocenters. The summed E-state index contributed by atoms with van der Waals surface area (Å²) < 4.78 is 0. The molecule has 18 heavy (non-hydrogen) atoms. The molecule has 0 unspecified atom stereocenters. The molecule has 1 aliphatic rings. The molecule has 0 aromatic carbocycles. The second-order valence-electron chi connectivity index (χ2n) is 4.60. The average molecular weight is 245 g/mol. The van der Waals surface area contributed by atoms with Crippen LogP contribution in [-0.2, 0) is 0 Å². The zero-order valence-corrected chi connectivity index (χ0v) is 10.8. The third kappa shape index (κ3) is 3.17. The summed E-state index contributed by atoms with van der Waals surface area (Å²) in [5.74, 6) is 1.60. The monoisotopic (exact) mass is 245 g/mol. The van der Waals surface area contributed by atoms with E-state index in [9.17, 15) is 0 Å².